The fourth-order valence-corrected chi connectivity index (χ4v) is 2.07. The van der Waals surface area contributed by atoms with Crippen LogP contribution in [0.3, 0.4) is 0 Å². The van der Waals surface area contributed by atoms with Crippen LogP contribution in [0.4, 0.5) is 11.4 Å². The number of carbonyl (C=O) groups is 1. The number of carbonyl (C=O) groups excluding carboxylic acids is 1. The molecule has 3 aromatic rings. The highest BCUT2D eigenvalue weighted by molar-refractivity contribution is 6.09. The number of hydrogen-bond acceptors (Lipinski definition) is 4. The van der Waals surface area contributed by atoms with E-state index < -0.39 is 0 Å². The Morgan fingerprint density at radius 2 is 1.13 bits per heavy atom. The molecular formula is C19H14N2O2. The molecule has 0 atom stereocenters. The van der Waals surface area contributed by atoms with E-state index in [0.717, 1.165) is 0 Å². The zero-order chi connectivity index (χ0) is 16.1. The van der Waals surface area contributed by atoms with Gasteiger partial charge in [-0.3, -0.25) is 4.79 Å². The minimum absolute atomic E-state index is 0.0207. The van der Waals surface area contributed by atoms with E-state index in [-0.39, 0.29) is 11.5 Å². The van der Waals surface area contributed by atoms with Crippen molar-refractivity contribution >= 4 is 17.2 Å². The zero-order valence-corrected chi connectivity index (χ0v) is 12.3. The van der Waals surface area contributed by atoms with Crippen molar-refractivity contribution in [2.45, 2.75) is 0 Å². The normalized spacial score (nSPS) is 10.8. The van der Waals surface area contributed by atoms with E-state index in [1.165, 1.54) is 0 Å². The molecule has 0 aromatic heterocycles. The lowest BCUT2D eigenvalue weighted by Crippen LogP contribution is -1.99. The van der Waals surface area contributed by atoms with Gasteiger partial charge in [0.2, 0.25) is 0 Å². The van der Waals surface area contributed by atoms with Crippen LogP contribution < -0.4 is 0 Å². The summed E-state index contributed by atoms with van der Waals surface area (Å²) in [6.45, 7) is 0. The van der Waals surface area contributed by atoms with Crippen LogP contribution in [0.15, 0.2) is 89.1 Å². The number of phenols is 1. The van der Waals surface area contributed by atoms with Crippen molar-refractivity contribution in [3.05, 3.63) is 90.0 Å². The summed E-state index contributed by atoms with van der Waals surface area (Å²) in [5.74, 6) is 0.167. The third kappa shape index (κ3) is 3.68. The fourth-order valence-electron chi connectivity index (χ4n) is 2.07. The van der Waals surface area contributed by atoms with Gasteiger partial charge in [0.15, 0.2) is 5.78 Å². The van der Waals surface area contributed by atoms with E-state index >= 15 is 0 Å². The second kappa shape index (κ2) is 6.66. The van der Waals surface area contributed by atoms with Crippen molar-refractivity contribution in [2.24, 2.45) is 10.2 Å². The van der Waals surface area contributed by atoms with Crippen molar-refractivity contribution in [3.8, 4) is 5.75 Å². The first kappa shape index (κ1) is 14.7. The van der Waals surface area contributed by atoms with Gasteiger partial charge >= 0.3 is 0 Å². The molecule has 0 spiro atoms. The average molecular weight is 302 g/mol. The summed E-state index contributed by atoms with van der Waals surface area (Å²) in [7, 11) is 0. The summed E-state index contributed by atoms with van der Waals surface area (Å²) in [6.07, 6.45) is 0. The maximum absolute atomic E-state index is 12.3. The molecule has 0 saturated carbocycles. The third-order valence-electron chi connectivity index (χ3n) is 3.30. The van der Waals surface area contributed by atoms with Gasteiger partial charge in [-0.05, 0) is 48.5 Å². The van der Waals surface area contributed by atoms with Crippen molar-refractivity contribution in [1.82, 2.24) is 0 Å². The highest BCUT2D eigenvalue weighted by Crippen LogP contribution is 2.21. The van der Waals surface area contributed by atoms with Gasteiger partial charge in [0.1, 0.15) is 5.75 Å². The molecule has 0 aliphatic heterocycles. The third-order valence-corrected chi connectivity index (χ3v) is 3.30. The molecular weight excluding hydrogens is 288 g/mol. The highest BCUT2D eigenvalue weighted by Gasteiger charge is 2.07. The molecule has 0 aliphatic carbocycles. The molecule has 0 unspecified atom stereocenters. The van der Waals surface area contributed by atoms with Crippen LogP contribution in [-0.4, -0.2) is 10.9 Å². The Kier molecular flexibility index (Phi) is 4.25. The first-order valence-electron chi connectivity index (χ1n) is 7.13. The Morgan fingerprint density at radius 1 is 0.652 bits per heavy atom. The predicted octanol–water partition coefficient (Wildman–Crippen LogP) is 5.04. The Hall–Kier alpha value is -3.27. The number of ketones is 1. The molecule has 112 valence electrons. The van der Waals surface area contributed by atoms with Crippen molar-refractivity contribution in [2.75, 3.05) is 0 Å². The number of rotatable bonds is 4. The predicted molar refractivity (Wildman–Crippen MR) is 88.6 cm³/mol. The SMILES string of the molecule is O=C(c1ccccc1)c1ccc(N=Nc2ccc(O)cc2)cc1. The Labute approximate surface area is 133 Å². The lowest BCUT2D eigenvalue weighted by Gasteiger charge is -2.01. The Morgan fingerprint density at radius 3 is 1.70 bits per heavy atom. The molecule has 0 aliphatic rings. The molecule has 1 N–H and O–H groups in total. The second-order valence-electron chi connectivity index (χ2n) is 4.96. The first-order valence-corrected chi connectivity index (χ1v) is 7.13. The lowest BCUT2D eigenvalue weighted by molar-refractivity contribution is 0.103. The molecule has 4 heteroatoms. The molecule has 0 fully saturated rings. The molecule has 23 heavy (non-hydrogen) atoms. The van der Waals surface area contributed by atoms with Gasteiger partial charge in [0.05, 0.1) is 11.4 Å². The smallest absolute Gasteiger partial charge is 0.193 e. The van der Waals surface area contributed by atoms with E-state index in [0.29, 0.717) is 22.5 Å². The van der Waals surface area contributed by atoms with Gasteiger partial charge < -0.3 is 5.11 Å². The first-order chi connectivity index (χ1) is 11.2. The minimum atomic E-state index is -0.0207. The van der Waals surface area contributed by atoms with Crippen molar-refractivity contribution in [3.63, 3.8) is 0 Å². The number of azo groups is 1. The number of benzene rings is 3. The summed E-state index contributed by atoms with van der Waals surface area (Å²) in [4.78, 5) is 12.3. The van der Waals surface area contributed by atoms with Crippen molar-refractivity contribution in [1.29, 1.82) is 0 Å². The summed E-state index contributed by atoms with van der Waals surface area (Å²) in [5, 5.41) is 17.4. The maximum atomic E-state index is 12.3. The van der Waals surface area contributed by atoms with E-state index in [4.69, 9.17) is 0 Å². The molecule has 3 rings (SSSR count). The number of nitrogens with zero attached hydrogens (tertiary/aromatic N) is 2. The van der Waals surface area contributed by atoms with Crippen LogP contribution in [0.1, 0.15) is 15.9 Å². The summed E-state index contributed by atoms with van der Waals surface area (Å²) < 4.78 is 0. The van der Waals surface area contributed by atoms with Gasteiger partial charge in [-0.15, -0.1) is 0 Å². The fraction of sp³-hybridized carbons (Fsp3) is 0. The van der Waals surface area contributed by atoms with E-state index in [1.807, 2.05) is 18.2 Å². The van der Waals surface area contributed by atoms with Crippen LogP contribution in [0, 0.1) is 0 Å². The van der Waals surface area contributed by atoms with E-state index in [2.05, 4.69) is 10.2 Å². The molecule has 0 amide bonds. The van der Waals surface area contributed by atoms with Crippen LogP contribution in [0.25, 0.3) is 0 Å². The Balaban J connectivity index is 1.74. The Bertz CT molecular complexity index is 824. The standard InChI is InChI=1S/C19H14N2O2/c22-18-12-10-17(11-13-18)21-20-16-8-6-15(7-9-16)19(23)14-4-2-1-3-5-14/h1-13,22H. The largest absolute Gasteiger partial charge is 0.508 e. The monoisotopic (exact) mass is 302 g/mol. The number of aromatic hydroxyl groups is 1. The van der Waals surface area contributed by atoms with Gasteiger partial charge in [-0.25, -0.2) is 0 Å². The van der Waals surface area contributed by atoms with Gasteiger partial charge in [0.25, 0.3) is 0 Å². The van der Waals surface area contributed by atoms with E-state index in [9.17, 15) is 9.90 Å². The average Bonchev–Trinajstić information content (AvgIpc) is 2.62. The van der Waals surface area contributed by atoms with Crippen LogP contribution in [0.2, 0.25) is 0 Å². The number of phenolic OH excluding ortho intramolecular Hbond substituents is 1. The molecule has 0 saturated heterocycles. The molecule has 0 radical (unpaired) electrons. The summed E-state index contributed by atoms with van der Waals surface area (Å²) in [5.41, 5.74) is 2.57. The topological polar surface area (TPSA) is 62.0 Å². The minimum Gasteiger partial charge on any atom is -0.508 e. The molecule has 0 bridgehead atoms. The summed E-state index contributed by atoms with van der Waals surface area (Å²) in [6, 6.07) is 22.6. The molecule has 3 aromatic carbocycles. The highest BCUT2D eigenvalue weighted by atomic mass is 16.3. The quantitative estimate of drug-likeness (QED) is 0.542. The van der Waals surface area contributed by atoms with Crippen LogP contribution in [0.5, 0.6) is 5.75 Å². The molecule has 0 heterocycles. The lowest BCUT2D eigenvalue weighted by atomic mass is 10.0. The van der Waals surface area contributed by atoms with Gasteiger partial charge in [-0.1, -0.05) is 30.3 Å². The molecule has 4 nitrogen and oxygen atoms in total. The zero-order valence-electron chi connectivity index (χ0n) is 12.3. The van der Waals surface area contributed by atoms with Crippen LogP contribution >= 0.6 is 0 Å². The second-order valence-corrected chi connectivity index (χ2v) is 4.96. The van der Waals surface area contributed by atoms with Crippen molar-refractivity contribution < 1.29 is 9.90 Å². The maximum Gasteiger partial charge on any atom is 0.193 e. The van der Waals surface area contributed by atoms with E-state index in [1.54, 1.807) is 60.7 Å². The summed E-state index contributed by atoms with van der Waals surface area (Å²) >= 11 is 0. The van der Waals surface area contributed by atoms with Gasteiger partial charge in [0, 0.05) is 11.1 Å². The van der Waals surface area contributed by atoms with Gasteiger partial charge in [-0.2, -0.15) is 10.2 Å². The van der Waals surface area contributed by atoms with Crippen LogP contribution in [-0.2, 0) is 0 Å². The number of hydrogen-bond donors (Lipinski definition) is 1.